The molecule has 1 aliphatic heterocycles. The van der Waals surface area contributed by atoms with E-state index in [2.05, 4.69) is 4.98 Å². The first kappa shape index (κ1) is 13.0. The van der Waals surface area contributed by atoms with Crippen molar-refractivity contribution in [3.63, 3.8) is 0 Å². The van der Waals surface area contributed by atoms with Crippen LogP contribution in [0.2, 0.25) is 0 Å². The topological polar surface area (TPSA) is 50.3 Å². The molecule has 1 amide bonds. The zero-order chi connectivity index (χ0) is 13.1. The third-order valence-corrected chi connectivity index (χ3v) is 3.77. The second-order valence-corrected chi connectivity index (χ2v) is 5.44. The molecule has 1 aromatic rings. The molecule has 18 heavy (non-hydrogen) atoms. The number of amides is 1. The Bertz CT molecular complexity index is 481. The maximum absolute atomic E-state index is 13.0. The predicted molar refractivity (Wildman–Crippen MR) is 67.8 cm³/mol. The second kappa shape index (κ2) is 5.48. The first-order chi connectivity index (χ1) is 8.56. The van der Waals surface area contributed by atoms with Gasteiger partial charge in [0.1, 0.15) is 5.82 Å². The van der Waals surface area contributed by atoms with Gasteiger partial charge in [-0.3, -0.25) is 14.6 Å². The van der Waals surface area contributed by atoms with Crippen molar-refractivity contribution >= 4 is 28.5 Å². The number of pyridine rings is 1. The Morgan fingerprint density at radius 2 is 2.39 bits per heavy atom. The summed E-state index contributed by atoms with van der Waals surface area (Å²) in [6, 6.07) is 1.30. The molecule has 2 heterocycles. The van der Waals surface area contributed by atoms with Gasteiger partial charge >= 0.3 is 0 Å². The van der Waals surface area contributed by atoms with E-state index in [1.54, 1.807) is 0 Å². The number of nitrogens with zero attached hydrogens (tertiary/aromatic N) is 2. The first-order valence-corrected chi connectivity index (χ1v) is 6.59. The van der Waals surface area contributed by atoms with Crippen LogP contribution in [-0.2, 0) is 9.59 Å². The van der Waals surface area contributed by atoms with Gasteiger partial charge in [0, 0.05) is 31.7 Å². The summed E-state index contributed by atoms with van der Waals surface area (Å²) in [6.07, 6.45) is 2.98. The quantitative estimate of drug-likeness (QED) is 0.839. The van der Waals surface area contributed by atoms with Crippen LogP contribution in [0.5, 0.6) is 0 Å². The molecule has 0 bridgehead atoms. The molecule has 1 saturated heterocycles. The van der Waals surface area contributed by atoms with E-state index in [4.69, 9.17) is 0 Å². The van der Waals surface area contributed by atoms with E-state index in [-0.39, 0.29) is 16.9 Å². The van der Waals surface area contributed by atoms with Crippen LogP contribution in [0, 0.1) is 11.7 Å². The van der Waals surface area contributed by atoms with Gasteiger partial charge in [-0.15, -0.1) is 0 Å². The van der Waals surface area contributed by atoms with Gasteiger partial charge in [0.15, 0.2) is 5.12 Å². The van der Waals surface area contributed by atoms with Crippen LogP contribution in [-0.4, -0.2) is 28.3 Å². The summed E-state index contributed by atoms with van der Waals surface area (Å²) in [7, 11) is 0. The molecule has 96 valence electrons. The Balaban J connectivity index is 2.03. The third kappa shape index (κ3) is 3.07. The van der Waals surface area contributed by atoms with Crippen LogP contribution < -0.4 is 4.90 Å². The van der Waals surface area contributed by atoms with Crippen molar-refractivity contribution in [3.05, 3.63) is 24.3 Å². The Labute approximate surface area is 109 Å². The van der Waals surface area contributed by atoms with E-state index in [9.17, 15) is 14.0 Å². The molecule has 0 radical (unpaired) electrons. The third-order valence-electron chi connectivity index (χ3n) is 2.73. The largest absolute Gasteiger partial charge is 0.310 e. The molecule has 0 saturated carbocycles. The molecule has 1 aliphatic rings. The highest BCUT2D eigenvalue weighted by Gasteiger charge is 2.31. The van der Waals surface area contributed by atoms with Gasteiger partial charge in [-0.25, -0.2) is 4.39 Å². The molecule has 0 aliphatic carbocycles. The van der Waals surface area contributed by atoms with Gasteiger partial charge in [-0.05, 0) is 5.92 Å². The summed E-state index contributed by atoms with van der Waals surface area (Å²) < 4.78 is 13.0. The lowest BCUT2D eigenvalue weighted by Crippen LogP contribution is -2.25. The first-order valence-electron chi connectivity index (χ1n) is 5.60. The van der Waals surface area contributed by atoms with E-state index in [1.807, 2.05) is 0 Å². The summed E-state index contributed by atoms with van der Waals surface area (Å²) in [5.41, 5.74) is 0.482. The molecule has 0 N–H and O–H groups in total. The zero-order valence-electron chi connectivity index (χ0n) is 9.93. The fourth-order valence-electron chi connectivity index (χ4n) is 1.93. The zero-order valence-corrected chi connectivity index (χ0v) is 10.7. The SMILES string of the molecule is CC(=O)SCC1CC(=O)N(c2cncc(F)c2)C1. The van der Waals surface area contributed by atoms with Crippen LogP contribution in [0.15, 0.2) is 18.5 Å². The van der Waals surface area contributed by atoms with Crippen LogP contribution in [0.25, 0.3) is 0 Å². The summed E-state index contributed by atoms with van der Waals surface area (Å²) in [4.78, 5) is 28.0. The summed E-state index contributed by atoms with van der Waals surface area (Å²) >= 11 is 1.22. The molecular formula is C12H13FN2O2S. The van der Waals surface area contributed by atoms with Gasteiger partial charge in [0.05, 0.1) is 18.1 Å². The molecule has 1 fully saturated rings. The lowest BCUT2D eigenvalue weighted by molar-refractivity contribution is -0.117. The average Bonchev–Trinajstić information content (AvgIpc) is 2.68. The summed E-state index contributed by atoms with van der Waals surface area (Å²) in [6.45, 7) is 2.03. The highest BCUT2D eigenvalue weighted by Crippen LogP contribution is 2.27. The van der Waals surface area contributed by atoms with Crippen molar-refractivity contribution in [2.75, 3.05) is 17.2 Å². The standard InChI is InChI=1S/C12H13FN2O2S/c1-8(16)18-7-9-2-12(17)15(6-9)11-3-10(13)4-14-5-11/h3-5,9H,2,6-7H2,1H3. The van der Waals surface area contributed by atoms with E-state index in [0.717, 1.165) is 6.20 Å². The van der Waals surface area contributed by atoms with E-state index < -0.39 is 5.82 Å². The molecular weight excluding hydrogens is 255 g/mol. The molecule has 1 aromatic heterocycles. The van der Waals surface area contributed by atoms with Crippen LogP contribution in [0.1, 0.15) is 13.3 Å². The van der Waals surface area contributed by atoms with Crippen molar-refractivity contribution in [1.82, 2.24) is 4.98 Å². The maximum atomic E-state index is 13.0. The Morgan fingerprint density at radius 3 is 3.06 bits per heavy atom. The van der Waals surface area contributed by atoms with Crippen LogP contribution >= 0.6 is 11.8 Å². The Morgan fingerprint density at radius 1 is 1.61 bits per heavy atom. The van der Waals surface area contributed by atoms with Gasteiger partial charge in [0.2, 0.25) is 5.91 Å². The molecule has 6 heteroatoms. The average molecular weight is 268 g/mol. The van der Waals surface area contributed by atoms with Crippen molar-refractivity contribution in [1.29, 1.82) is 0 Å². The number of aromatic nitrogens is 1. The number of hydrogen-bond acceptors (Lipinski definition) is 4. The molecule has 2 rings (SSSR count). The second-order valence-electron chi connectivity index (χ2n) is 4.24. The van der Waals surface area contributed by atoms with Crippen molar-refractivity contribution in [2.24, 2.45) is 5.92 Å². The fraction of sp³-hybridized carbons (Fsp3) is 0.417. The van der Waals surface area contributed by atoms with Gasteiger partial charge < -0.3 is 4.90 Å². The molecule has 1 unspecified atom stereocenters. The number of carbonyl (C=O) groups is 2. The van der Waals surface area contributed by atoms with E-state index in [1.165, 1.54) is 35.8 Å². The van der Waals surface area contributed by atoms with Crippen molar-refractivity contribution in [3.8, 4) is 0 Å². The van der Waals surface area contributed by atoms with Crippen LogP contribution in [0.4, 0.5) is 10.1 Å². The number of halogens is 1. The molecule has 0 spiro atoms. The van der Waals surface area contributed by atoms with Gasteiger partial charge in [-0.2, -0.15) is 0 Å². The van der Waals surface area contributed by atoms with E-state index >= 15 is 0 Å². The number of hydrogen-bond donors (Lipinski definition) is 0. The maximum Gasteiger partial charge on any atom is 0.227 e. The highest BCUT2D eigenvalue weighted by atomic mass is 32.2. The lowest BCUT2D eigenvalue weighted by Gasteiger charge is -2.16. The monoisotopic (exact) mass is 268 g/mol. The van der Waals surface area contributed by atoms with Crippen molar-refractivity contribution < 1.29 is 14.0 Å². The van der Waals surface area contributed by atoms with Gasteiger partial charge in [-0.1, -0.05) is 11.8 Å². The highest BCUT2D eigenvalue weighted by molar-refractivity contribution is 8.13. The summed E-state index contributed by atoms with van der Waals surface area (Å²) in [5.74, 6) is 0.258. The molecule has 1 atom stereocenters. The normalized spacial score (nSPS) is 19.3. The van der Waals surface area contributed by atoms with Gasteiger partial charge in [0.25, 0.3) is 0 Å². The van der Waals surface area contributed by atoms with E-state index in [0.29, 0.717) is 24.4 Å². The Kier molecular flexibility index (Phi) is 3.96. The van der Waals surface area contributed by atoms with Crippen molar-refractivity contribution in [2.45, 2.75) is 13.3 Å². The van der Waals surface area contributed by atoms with Crippen LogP contribution in [0.3, 0.4) is 0 Å². The molecule has 0 aromatic carbocycles. The summed E-state index contributed by atoms with van der Waals surface area (Å²) in [5, 5.41) is 0.0494. The minimum atomic E-state index is -0.457. The molecule has 4 nitrogen and oxygen atoms in total. The lowest BCUT2D eigenvalue weighted by atomic mass is 10.1. The predicted octanol–water partition coefficient (Wildman–Crippen LogP) is 1.85. The minimum Gasteiger partial charge on any atom is -0.310 e. The number of anilines is 1. The number of thioether (sulfide) groups is 1. The fourth-order valence-corrected chi connectivity index (χ4v) is 2.62. The smallest absolute Gasteiger partial charge is 0.227 e. The number of carbonyl (C=O) groups excluding carboxylic acids is 2. The number of rotatable bonds is 3. The minimum absolute atomic E-state index is 0.0449. The Hall–Kier alpha value is -1.43.